The predicted molar refractivity (Wildman–Crippen MR) is 111 cm³/mol. The molecule has 30 heavy (non-hydrogen) atoms. The van der Waals surface area contributed by atoms with Crippen LogP contribution >= 0.6 is 11.8 Å². The van der Waals surface area contributed by atoms with Crippen LogP contribution in [0.25, 0.3) is 10.9 Å². The van der Waals surface area contributed by atoms with Crippen LogP contribution in [-0.2, 0) is 9.47 Å². The lowest BCUT2D eigenvalue weighted by atomic mass is 10.2. The van der Waals surface area contributed by atoms with Crippen LogP contribution in [0, 0.1) is 5.82 Å². The molecule has 9 heteroatoms. The molecular weight excluding hydrogens is 413 g/mol. The van der Waals surface area contributed by atoms with E-state index in [1.165, 1.54) is 16.6 Å². The Kier molecular flexibility index (Phi) is 6.47. The summed E-state index contributed by atoms with van der Waals surface area (Å²) < 4.78 is 36.6. The van der Waals surface area contributed by atoms with E-state index in [2.05, 4.69) is 9.97 Å². The van der Waals surface area contributed by atoms with E-state index >= 15 is 0 Å². The summed E-state index contributed by atoms with van der Waals surface area (Å²) in [5.41, 5.74) is 1.20. The number of methoxy groups -OCH3 is 1. The number of anilines is 2. The summed E-state index contributed by atoms with van der Waals surface area (Å²) >= 11 is 6.34. The minimum Gasteiger partial charge on any atom is -0.493 e. The molecule has 1 aliphatic heterocycles. The number of aromatic nitrogens is 2. The van der Waals surface area contributed by atoms with Crippen LogP contribution in [0.4, 0.5) is 16.0 Å². The molecule has 0 radical (unpaired) electrons. The summed E-state index contributed by atoms with van der Waals surface area (Å²) in [7, 11) is 1.57. The quantitative estimate of drug-likeness (QED) is 0.380. The van der Waals surface area contributed by atoms with E-state index in [-0.39, 0.29) is 18.1 Å². The molecule has 7 nitrogen and oxygen atoms in total. The van der Waals surface area contributed by atoms with Crippen LogP contribution in [0.2, 0.25) is 0 Å². The highest BCUT2D eigenvalue weighted by Gasteiger charge is 2.16. The van der Waals surface area contributed by atoms with E-state index < -0.39 is 0 Å². The molecule has 4 rings (SSSR count). The second-order valence-corrected chi connectivity index (χ2v) is 6.99. The molecule has 2 heterocycles. The zero-order chi connectivity index (χ0) is 20.9. The van der Waals surface area contributed by atoms with Gasteiger partial charge in [-0.2, -0.15) is 0 Å². The maximum Gasteiger partial charge on any atom is 0.245 e. The average Bonchev–Trinajstić information content (AvgIpc) is 3.29. The van der Waals surface area contributed by atoms with Crippen LogP contribution in [0.15, 0.2) is 42.6 Å². The summed E-state index contributed by atoms with van der Waals surface area (Å²) in [4.78, 5) is 8.80. The molecule has 0 aliphatic carbocycles. The van der Waals surface area contributed by atoms with Crippen LogP contribution in [0.5, 0.6) is 11.5 Å². The van der Waals surface area contributed by atoms with Gasteiger partial charge in [-0.1, -0.05) is 0 Å². The lowest BCUT2D eigenvalue weighted by molar-refractivity contribution is -0.0493. The Balaban J connectivity index is 1.48. The minimum atomic E-state index is -0.344. The van der Waals surface area contributed by atoms with Crippen LogP contribution < -0.4 is 13.9 Å². The Morgan fingerprint density at radius 1 is 1.17 bits per heavy atom. The Labute approximate surface area is 178 Å². The van der Waals surface area contributed by atoms with Gasteiger partial charge >= 0.3 is 0 Å². The molecular formula is C21H21ClFN3O4. The van der Waals surface area contributed by atoms with E-state index in [0.717, 1.165) is 18.2 Å². The molecule has 0 amide bonds. The zero-order valence-electron chi connectivity index (χ0n) is 16.4. The van der Waals surface area contributed by atoms with Crippen molar-refractivity contribution in [3.05, 3.63) is 48.4 Å². The lowest BCUT2D eigenvalue weighted by Crippen LogP contribution is -2.10. The summed E-state index contributed by atoms with van der Waals surface area (Å²) in [5.74, 6) is 1.09. The summed E-state index contributed by atoms with van der Waals surface area (Å²) in [6, 6.07) is 9.35. The Bertz CT molecular complexity index is 999. The van der Waals surface area contributed by atoms with E-state index in [1.807, 2.05) is 6.07 Å². The van der Waals surface area contributed by atoms with Crippen molar-refractivity contribution >= 4 is 34.3 Å². The third-order valence-corrected chi connectivity index (χ3v) is 4.96. The van der Waals surface area contributed by atoms with Crippen molar-refractivity contribution in [3.8, 4) is 11.5 Å². The number of hydrogen-bond acceptors (Lipinski definition) is 7. The van der Waals surface area contributed by atoms with Crippen molar-refractivity contribution in [2.45, 2.75) is 19.1 Å². The number of benzene rings is 2. The van der Waals surface area contributed by atoms with E-state index in [4.69, 9.17) is 30.7 Å². The van der Waals surface area contributed by atoms with E-state index in [1.54, 1.807) is 31.5 Å². The lowest BCUT2D eigenvalue weighted by Gasteiger charge is -2.15. The van der Waals surface area contributed by atoms with Gasteiger partial charge in [-0.25, -0.2) is 18.8 Å². The summed E-state index contributed by atoms with van der Waals surface area (Å²) in [5, 5.41) is 0.779. The second kappa shape index (κ2) is 9.42. The maximum absolute atomic E-state index is 13.1. The Morgan fingerprint density at radius 3 is 2.67 bits per heavy atom. The molecule has 1 saturated heterocycles. The maximum atomic E-state index is 13.1. The number of rotatable bonds is 8. The summed E-state index contributed by atoms with van der Waals surface area (Å²) in [6.45, 7) is 1.80. The average molecular weight is 434 g/mol. The smallest absolute Gasteiger partial charge is 0.245 e. The number of nitrogens with zero attached hydrogens (tertiary/aromatic N) is 3. The highest BCUT2D eigenvalue weighted by molar-refractivity contribution is 6.28. The van der Waals surface area contributed by atoms with Gasteiger partial charge in [0.15, 0.2) is 17.8 Å². The SMILES string of the molecule is COc1cc2nc(N(Cl)c3ccc(F)cc3)ncc2cc1OCCCC1OCCO1. The van der Waals surface area contributed by atoms with Gasteiger partial charge in [0.05, 0.1) is 38.1 Å². The molecule has 1 aromatic heterocycles. The molecule has 0 unspecified atom stereocenters. The van der Waals surface area contributed by atoms with Gasteiger partial charge in [0, 0.05) is 35.8 Å². The van der Waals surface area contributed by atoms with Gasteiger partial charge in [0.1, 0.15) is 5.82 Å². The highest BCUT2D eigenvalue weighted by Crippen LogP contribution is 2.33. The van der Waals surface area contributed by atoms with Crippen molar-refractivity contribution < 1.29 is 23.3 Å². The van der Waals surface area contributed by atoms with Crippen molar-refractivity contribution in [2.75, 3.05) is 31.3 Å². The van der Waals surface area contributed by atoms with E-state index in [0.29, 0.717) is 42.5 Å². The van der Waals surface area contributed by atoms with Crippen LogP contribution in [-0.4, -0.2) is 43.2 Å². The van der Waals surface area contributed by atoms with E-state index in [9.17, 15) is 4.39 Å². The first-order valence-electron chi connectivity index (χ1n) is 9.56. The van der Waals surface area contributed by atoms with Crippen molar-refractivity contribution in [2.24, 2.45) is 0 Å². The minimum absolute atomic E-state index is 0.140. The van der Waals surface area contributed by atoms with Gasteiger partial charge in [0.25, 0.3) is 0 Å². The second-order valence-electron chi connectivity index (χ2n) is 6.65. The van der Waals surface area contributed by atoms with Gasteiger partial charge in [-0.15, -0.1) is 0 Å². The molecule has 3 aromatic rings. The Hall–Kier alpha value is -2.68. The highest BCUT2D eigenvalue weighted by atomic mass is 35.5. The molecule has 2 aromatic carbocycles. The number of halogens is 2. The van der Waals surface area contributed by atoms with Crippen LogP contribution in [0.1, 0.15) is 12.8 Å². The van der Waals surface area contributed by atoms with Crippen molar-refractivity contribution in [1.82, 2.24) is 9.97 Å². The van der Waals surface area contributed by atoms with Crippen molar-refractivity contribution in [3.63, 3.8) is 0 Å². The zero-order valence-corrected chi connectivity index (χ0v) is 17.1. The predicted octanol–water partition coefficient (Wildman–Crippen LogP) is 4.60. The van der Waals surface area contributed by atoms with Crippen LogP contribution in [0.3, 0.4) is 0 Å². The first kappa shape index (κ1) is 20.6. The number of fused-ring (bicyclic) bond motifs is 1. The topological polar surface area (TPSA) is 65.9 Å². The molecule has 1 fully saturated rings. The van der Waals surface area contributed by atoms with Crippen molar-refractivity contribution in [1.29, 1.82) is 0 Å². The first-order valence-corrected chi connectivity index (χ1v) is 9.90. The van der Waals surface area contributed by atoms with Gasteiger partial charge in [0.2, 0.25) is 5.95 Å². The van der Waals surface area contributed by atoms with Gasteiger partial charge in [-0.3, -0.25) is 0 Å². The third kappa shape index (κ3) is 4.72. The first-order chi connectivity index (χ1) is 14.6. The molecule has 0 bridgehead atoms. The van der Waals surface area contributed by atoms with Gasteiger partial charge in [-0.05, 0) is 36.8 Å². The third-order valence-electron chi connectivity index (χ3n) is 4.61. The molecule has 0 spiro atoms. The molecule has 1 aliphatic rings. The normalized spacial score (nSPS) is 14.2. The fourth-order valence-corrected chi connectivity index (χ4v) is 3.28. The molecule has 0 atom stereocenters. The monoisotopic (exact) mass is 433 g/mol. The largest absolute Gasteiger partial charge is 0.493 e. The fourth-order valence-electron chi connectivity index (χ4n) is 3.09. The standard InChI is InChI=1S/C21H21ClFN3O4/c1-27-18-12-17-14(11-19(18)28-8-2-3-20-29-9-10-30-20)13-24-21(25-17)26(22)16-6-4-15(23)5-7-16/h4-7,11-13,20H,2-3,8-10H2,1H3. The molecule has 158 valence electrons. The van der Waals surface area contributed by atoms with Gasteiger partial charge < -0.3 is 18.9 Å². The fraction of sp³-hybridized carbons (Fsp3) is 0.333. The number of hydrogen-bond donors (Lipinski definition) is 0. The number of ether oxygens (including phenoxy) is 4. The molecule has 0 saturated carbocycles. The molecule has 0 N–H and O–H groups in total. The summed E-state index contributed by atoms with van der Waals surface area (Å²) in [6.07, 6.45) is 3.08. The Morgan fingerprint density at radius 2 is 1.93 bits per heavy atom.